The molecule has 0 radical (unpaired) electrons. The lowest BCUT2D eigenvalue weighted by molar-refractivity contribution is 0.186. The van der Waals surface area contributed by atoms with Gasteiger partial charge in [-0.25, -0.2) is 0 Å². The van der Waals surface area contributed by atoms with E-state index in [2.05, 4.69) is 22.9 Å². The third-order valence-corrected chi connectivity index (χ3v) is 2.69. The highest BCUT2D eigenvalue weighted by Gasteiger charge is 2.08. The average Bonchev–Trinajstić information content (AvgIpc) is 2.57. The Bertz CT molecular complexity index is 474. The van der Waals surface area contributed by atoms with Gasteiger partial charge in [-0.3, -0.25) is 0 Å². The molecule has 0 spiro atoms. The van der Waals surface area contributed by atoms with E-state index in [1.165, 1.54) is 22.0 Å². The molecule has 3 nitrogen and oxygen atoms in total. The maximum atomic E-state index is 5.72. The molecule has 15 heavy (non-hydrogen) atoms. The predicted octanol–water partition coefficient (Wildman–Crippen LogP) is 1.78. The Morgan fingerprint density at radius 2 is 2.13 bits per heavy atom. The molecule has 1 heterocycles. The lowest BCUT2D eigenvalue weighted by Crippen LogP contribution is -1.99. The topological polar surface area (TPSA) is 40.2 Å². The van der Waals surface area contributed by atoms with Gasteiger partial charge in [0, 0.05) is 37.8 Å². The van der Waals surface area contributed by atoms with E-state index in [-0.39, 0.29) is 0 Å². The highest BCUT2D eigenvalue weighted by atomic mass is 16.5. The number of aromatic nitrogens is 1. The molecule has 0 fully saturated rings. The minimum absolute atomic E-state index is 0.571. The molecule has 3 heteroatoms. The van der Waals surface area contributed by atoms with E-state index >= 15 is 0 Å². The molecule has 0 amide bonds. The number of rotatable bonds is 3. The lowest BCUT2D eigenvalue weighted by atomic mass is 10.1. The van der Waals surface area contributed by atoms with Crippen LogP contribution in [0.5, 0.6) is 0 Å². The van der Waals surface area contributed by atoms with Crippen molar-refractivity contribution in [2.75, 3.05) is 7.11 Å². The van der Waals surface area contributed by atoms with E-state index in [1.807, 2.05) is 13.1 Å². The van der Waals surface area contributed by atoms with Crippen molar-refractivity contribution < 1.29 is 4.74 Å². The Morgan fingerprint density at radius 1 is 1.33 bits per heavy atom. The Morgan fingerprint density at radius 3 is 2.80 bits per heavy atom. The standard InChI is InChI=1S/C12H16N2O/c1-14-7-10(8-15-2)11-5-3-4-9(6-13)12(11)14/h3-5,7H,6,8,13H2,1-2H3. The zero-order chi connectivity index (χ0) is 10.8. The normalized spacial score (nSPS) is 11.1. The molecule has 0 unspecified atom stereocenters. The van der Waals surface area contributed by atoms with Crippen LogP contribution in [0.4, 0.5) is 0 Å². The van der Waals surface area contributed by atoms with Gasteiger partial charge in [0.1, 0.15) is 0 Å². The molecule has 0 saturated carbocycles. The van der Waals surface area contributed by atoms with Crippen molar-refractivity contribution in [2.45, 2.75) is 13.2 Å². The van der Waals surface area contributed by atoms with Gasteiger partial charge in [0.2, 0.25) is 0 Å². The summed E-state index contributed by atoms with van der Waals surface area (Å²) in [6.07, 6.45) is 2.10. The second-order valence-corrected chi connectivity index (χ2v) is 3.72. The average molecular weight is 204 g/mol. The van der Waals surface area contributed by atoms with E-state index in [0.29, 0.717) is 13.2 Å². The molecule has 80 valence electrons. The molecule has 0 bridgehead atoms. The van der Waals surface area contributed by atoms with Crippen molar-refractivity contribution >= 4 is 10.9 Å². The van der Waals surface area contributed by atoms with Crippen LogP contribution in [-0.2, 0) is 24.9 Å². The first-order chi connectivity index (χ1) is 7.27. The van der Waals surface area contributed by atoms with Gasteiger partial charge in [-0.1, -0.05) is 18.2 Å². The van der Waals surface area contributed by atoms with Crippen molar-refractivity contribution in [3.05, 3.63) is 35.5 Å². The van der Waals surface area contributed by atoms with Crippen molar-refractivity contribution in [1.29, 1.82) is 0 Å². The zero-order valence-corrected chi connectivity index (χ0v) is 9.16. The van der Waals surface area contributed by atoms with Crippen LogP contribution in [0.15, 0.2) is 24.4 Å². The fourth-order valence-corrected chi connectivity index (χ4v) is 2.07. The maximum Gasteiger partial charge on any atom is 0.0733 e. The number of hydrogen-bond donors (Lipinski definition) is 1. The van der Waals surface area contributed by atoms with Gasteiger partial charge < -0.3 is 15.0 Å². The minimum atomic E-state index is 0.571. The van der Waals surface area contributed by atoms with Crippen LogP contribution in [-0.4, -0.2) is 11.7 Å². The van der Waals surface area contributed by atoms with Gasteiger partial charge >= 0.3 is 0 Å². The molecule has 1 aromatic carbocycles. The van der Waals surface area contributed by atoms with Crippen LogP contribution in [0.1, 0.15) is 11.1 Å². The van der Waals surface area contributed by atoms with Crippen LogP contribution in [0.3, 0.4) is 0 Å². The number of methoxy groups -OCH3 is 1. The quantitative estimate of drug-likeness (QED) is 0.828. The smallest absolute Gasteiger partial charge is 0.0733 e. The van der Waals surface area contributed by atoms with Gasteiger partial charge in [0.15, 0.2) is 0 Å². The Balaban J connectivity index is 2.68. The second kappa shape index (κ2) is 4.04. The van der Waals surface area contributed by atoms with Crippen LogP contribution < -0.4 is 5.73 Å². The van der Waals surface area contributed by atoms with E-state index in [4.69, 9.17) is 10.5 Å². The number of hydrogen-bond acceptors (Lipinski definition) is 2. The Labute approximate surface area is 89.4 Å². The SMILES string of the molecule is COCc1cn(C)c2c(CN)cccc12. The van der Waals surface area contributed by atoms with E-state index in [0.717, 1.165) is 0 Å². The van der Waals surface area contributed by atoms with Gasteiger partial charge in [-0.15, -0.1) is 0 Å². The molecule has 1 aromatic heterocycles. The number of nitrogens with zero attached hydrogens (tertiary/aromatic N) is 1. The molecule has 2 N–H and O–H groups in total. The highest BCUT2D eigenvalue weighted by molar-refractivity contribution is 5.86. The van der Waals surface area contributed by atoms with Gasteiger partial charge in [-0.2, -0.15) is 0 Å². The number of benzene rings is 1. The van der Waals surface area contributed by atoms with E-state index in [9.17, 15) is 0 Å². The van der Waals surface area contributed by atoms with Crippen molar-refractivity contribution in [3.63, 3.8) is 0 Å². The summed E-state index contributed by atoms with van der Waals surface area (Å²) in [7, 11) is 3.76. The summed E-state index contributed by atoms with van der Waals surface area (Å²) in [6, 6.07) is 6.23. The summed E-state index contributed by atoms with van der Waals surface area (Å²) < 4.78 is 7.30. The molecule has 0 aliphatic rings. The summed E-state index contributed by atoms with van der Waals surface area (Å²) in [5.41, 5.74) is 9.33. The van der Waals surface area contributed by atoms with Crippen LogP contribution in [0.2, 0.25) is 0 Å². The largest absolute Gasteiger partial charge is 0.380 e. The van der Waals surface area contributed by atoms with Crippen molar-refractivity contribution in [2.24, 2.45) is 12.8 Å². The van der Waals surface area contributed by atoms with Crippen LogP contribution in [0, 0.1) is 0 Å². The van der Waals surface area contributed by atoms with Crippen molar-refractivity contribution in [3.8, 4) is 0 Å². The van der Waals surface area contributed by atoms with E-state index < -0.39 is 0 Å². The summed E-state index contributed by atoms with van der Waals surface area (Å²) in [6.45, 7) is 1.22. The summed E-state index contributed by atoms with van der Waals surface area (Å²) in [5, 5.41) is 1.24. The fourth-order valence-electron chi connectivity index (χ4n) is 2.07. The molecule has 0 saturated heterocycles. The maximum absolute atomic E-state index is 5.72. The fraction of sp³-hybridized carbons (Fsp3) is 0.333. The lowest BCUT2D eigenvalue weighted by Gasteiger charge is -2.03. The van der Waals surface area contributed by atoms with Crippen molar-refractivity contribution in [1.82, 2.24) is 4.57 Å². The first kappa shape index (κ1) is 10.2. The van der Waals surface area contributed by atoms with Crippen LogP contribution >= 0.6 is 0 Å². The van der Waals surface area contributed by atoms with E-state index in [1.54, 1.807) is 7.11 Å². The zero-order valence-electron chi connectivity index (χ0n) is 9.16. The third-order valence-electron chi connectivity index (χ3n) is 2.69. The molecule has 0 aliphatic heterocycles. The molecule has 2 aromatic rings. The second-order valence-electron chi connectivity index (χ2n) is 3.72. The molecule has 0 aliphatic carbocycles. The number of aryl methyl sites for hydroxylation is 1. The first-order valence-electron chi connectivity index (χ1n) is 5.02. The number of ether oxygens (including phenoxy) is 1. The Hall–Kier alpha value is -1.32. The van der Waals surface area contributed by atoms with Crippen LogP contribution in [0.25, 0.3) is 10.9 Å². The highest BCUT2D eigenvalue weighted by Crippen LogP contribution is 2.24. The molecule has 0 atom stereocenters. The molecule has 2 rings (SSSR count). The molecular formula is C12H16N2O. The minimum Gasteiger partial charge on any atom is -0.380 e. The first-order valence-corrected chi connectivity index (χ1v) is 5.02. The molecular weight excluding hydrogens is 188 g/mol. The van der Waals surface area contributed by atoms with Gasteiger partial charge in [0.05, 0.1) is 12.1 Å². The predicted molar refractivity (Wildman–Crippen MR) is 61.5 cm³/mol. The Kier molecular flexibility index (Phi) is 2.75. The van der Waals surface area contributed by atoms with Gasteiger partial charge in [0.25, 0.3) is 0 Å². The summed E-state index contributed by atoms with van der Waals surface area (Å²) in [4.78, 5) is 0. The monoisotopic (exact) mass is 204 g/mol. The number of nitrogens with two attached hydrogens (primary N) is 1. The van der Waals surface area contributed by atoms with Gasteiger partial charge in [-0.05, 0) is 5.56 Å². The number of fused-ring (bicyclic) bond motifs is 1. The summed E-state index contributed by atoms with van der Waals surface area (Å²) >= 11 is 0. The number of para-hydroxylation sites is 1. The summed E-state index contributed by atoms with van der Waals surface area (Å²) in [5.74, 6) is 0. The third kappa shape index (κ3) is 1.64.